The van der Waals surface area contributed by atoms with Crippen LogP contribution in [-0.4, -0.2) is 23.6 Å². The van der Waals surface area contributed by atoms with E-state index in [9.17, 15) is 0 Å². The molecule has 10 heteroatoms. The smallest absolute Gasteiger partial charge is 0.266 e. The average Bonchev–Trinajstić information content (AvgIpc) is 0.670. The summed E-state index contributed by atoms with van der Waals surface area (Å²) in [5.74, 6) is 0.797. The lowest BCUT2D eigenvalue weighted by Gasteiger charge is -2.34. The van der Waals surface area contributed by atoms with Gasteiger partial charge in [-0.25, -0.2) is 9.80 Å². The molecule has 0 N–H and O–H groups in total. The van der Waals surface area contributed by atoms with E-state index in [1.54, 1.807) is 24.3 Å². The predicted octanol–water partition coefficient (Wildman–Crippen LogP) is 22.9. The minimum absolute atomic E-state index is 0.208. The second-order valence-corrected chi connectivity index (χ2v) is 27.8. The number of carbonyl (C=O) groups excluding carboxylic acids is 4. The number of aryl methyl sites for hydroxylation is 12. The third-order valence-corrected chi connectivity index (χ3v) is 21.1. The molecule has 17 rings (SSSR count). The van der Waals surface area contributed by atoms with Gasteiger partial charge in [-0.2, -0.15) is 0 Å². The maximum atomic E-state index is 16.9. The summed E-state index contributed by atoms with van der Waals surface area (Å²) in [5.41, 5.74) is 12.9. The lowest BCUT2D eigenvalue weighted by molar-refractivity contribution is 0.0877. The molecule has 15 aromatic rings. The van der Waals surface area contributed by atoms with Crippen molar-refractivity contribution in [2.45, 2.75) is 79.1 Å². The summed E-state index contributed by atoms with van der Waals surface area (Å²) in [6.07, 6.45) is 4.69. The lowest BCUT2D eigenvalue weighted by atomic mass is 9.80. The highest BCUT2D eigenvalue weighted by atomic mass is 16.5. The van der Waals surface area contributed by atoms with Crippen LogP contribution in [0.2, 0.25) is 0 Å². The predicted molar refractivity (Wildman–Crippen MR) is 423 cm³/mol. The standard InChI is InChI=1S/C96H74N2O8/c1-59-27-17-21-43-75(59)103-79-55-71-83-72(94(100)97(93(71)99)91-67(51-47-63-31-9-5-10-32-63)39-25-40-68(91)52-48-64-33-11-6-12-34-64)57-81(105-77-45-23-19-29-61(77)3)87-88-82(106-78-46-24-20-30-62(78)4)58-74-84-73(56-80(86(90(84)88)85(79)89(83)87)104-76-44-22-18-28-60(76)2)95(101)98(96(74)102)92-69(53-49-65-35-13-7-14-36-65)41-26-42-70(92)54-50-66-37-15-8-16-38-66/h5-46,55-58H,47-54H2,1-4H3. The van der Waals surface area contributed by atoms with E-state index >= 15 is 19.2 Å². The summed E-state index contributed by atoms with van der Waals surface area (Å²) in [5, 5.41) is 3.34. The summed E-state index contributed by atoms with van der Waals surface area (Å²) >= 11 is 0. The maximum Gasteiger partial charge on any atom is 0.266 e. The van der Waals surface area contributed by atoms with Crippen LogP contribution in [0.1, 0.15) is 108 Å². The van der Waals surface area contributed by atoms with E-state index in [0.29, 0.717) is 129 Å². The fraction of sp³-hybridized carbons (Fsp3) is 0.125. The molecule has 0 bridgehead atoms. The summed E-state index contributed by atoms with van der Waals surface area (Å²) in [6, 6.07) is 91.2. The highest BCUT2D eigenvalue weighted by Crippen LogP contribution is 2.59. The quantitative estimate of drug-likeness (QED) is 0.0375. The van der Waals surface area contributed by atoms with Crippen LogP contribution in [0.25, 0.3) is 43.1 Å². The summed E-state index contributed by atoms with van der Waals surface area (Å²) in [7, 11) is 0. The molecule has 0 saturated carbocycles. The molecule has 0 unspecified atom stereocenters. The Bertz CT molecular complexity index is 5280. The highest BCUT2D eigenvalue weighted by Gasteiger charge is 2.44. The molecule has 516 valence electrons. The number of hydrogen-bond donors (Lipinski definition) is 0. The number of amides is 4. The molecule has 2 aliphatic heterocycles. The van der Waals surface area contributed by atoms with Gasteiger partial charge in [-0.05, 0) is 194 Å². The van der Waals surface area contributed by atoms with Gasteiger partial charge < -0.3 is 18.9 Å². The second-order valence-electron chi connectivity index (χ2n) is 27.8. The number of ether oxygens (including phenoxy) is 4. The maximum absolute atomic E-state index is 16.9. The largest absolute Gasteiger partial charge is 0.456 e. The Morgan fingerprint density at radius 3 is 0.660 bits per heavy atom. The fourth-order valence-corrected chi connectivity index (χ4v) is 15.8. The molecule has 0 spiro atoms. The first-order chi connectivity index (χ1) is 51.9. The van der Waals surface area contributed by atoms with Crippen molar-refractivity contribution in [1.29, 1.82) is 0 Å². The van der Waals surface area contributed by atoms with Gasteiger partial charge in [0.05, 0.1) is 33.6 Å². The van der Waals surface area contributed by atoms with Crippen molar-refractivity contribution in [2.24, 2.45) is 0 Å². The number of rotatable bonds is 22. The van der Waals surface area contributed by atoms with Crippen LogP contribution >= 0.6 is 0 Å². The number of nitrogens with zero attached hydrogens (tertiary/aromatic N) is 2. The third kappa shape index (κ3) is 12.1. The molecule has 0 radical (unpaired) electrons. The van der Waals surface area contributed by atoms with Crippen molar-refractivity contribution >= 4 is 78.1 Å². The molecule has 4 amide bonds. The van der Waals surface area contributed by atoms with Gasteiger partial charge in [0.25, 0.3) is 23.6 Å². The van der Waals surface area contributed by atoms with Crippen molar-refractivity contribution in [3.05, 3.63) is 368 Å². The van der Waals surface area contributed by atoms with Crippen LogP contribution in [0.15, 0.2) is 279 Å². The monoisotopic (exact) mass is 1380 g/mol. The van der Waals surface area contributed by atoms with E-state index in [4.69, 9.17) is 18.9 Å². The first-order valence-electron chi connectivity index (χ1n) is 36.4. The molecule has 0 aromatic heterocycles. The number of benzene rings is 15. The van der Waals surface area contributed by atoms with Gasteiger partial charge in [0, 0.05) is 43.1 Å². The second kappa shape index (κ2) is 28.0. The van der Waals surface area contributed by atoms with E-state index in [2.05, 4.69) is 48.5 Å². The molecule has 0 fully saturated rings. The van der Waals surface area contributed by atoms with Crippen LogP contribution in [0, 0.1) is 27.7 Å². The van der Waals surface area contributed by atoms with Gasteiger partial charge in [-0.15, -0.1) is 0 Å². The molecule has 0 aliphatic carbocycles. The zero-order valence-corrected chi connectivity index (χ0v) is 59.4. The van der Waals surface area contributed by atoms with Crippen LogP contribution in [-0.2, 0) is 51.4 Å². The molecular formula is C96H74N2O8. The number of imide groups is 2. The Labute approximate surface area is 615 Å². The molecule has 10 nitrogen and oxygen atoms in total. The molecule has 2 aliphatic rings. The fourth-order valence-electron chi connectivity index (χ4n) is 15.8. The number of anilines is 2. The Morgan fingerprint density at radius 1 is 0.217 bits per heavy atom. The van der Waals surface area contributed by atoms with Crippen molar-refractivity contribution < 1.29 is 38.1 Å². The molecule has 2 heterocycles. The van der Waals surface area contributed by atoms with E-state index in [1.165, 1.54) is 9.80 Å². The Hall–Kier alpha value is -12.9. The van der Waals surface area contributed by atoms with Gasteiger partial charge in [0.2, 0.25) is 0 Å². The molecule has 15 aromatic carbocycles. The van der Waals surface area contributed by atoms with E-state index in [-0.39, 0.29) is 45.3 Å². The molecular weight excluding hydrogens is 1310 g/mol. The van der Waals surface area contributed by atoms with Crippen molar-refractivity contribution in [3.63, 3.8) is 0 Å². The van der Waals surface area contributed by atoms with Crippen LogP contribution in [0.5, 0.6) is 46.0 Å². The Morgan fingerprint density at radius 2 is 0.434 bits per heavy atom. The minimum Gasteiger partial charge on any atom is -0.456 e. The van der Waals surface area contributed by atoms with Crippen molar-refractivity contribution in [1.82, 2.24) is 0 Å². The summed E-state index contributed by atoms with van der Waals surface area (Å²) in [4.78, 5) is 70.5. The lowest BCUT2D eigenvalue weighted by Crippen LogP contribution is -2.42. The van der Waals surface area contributed by atoms with E-state index < -0.39 is 23.6 Å². The highest BCUT2D eigenvalue weighted by molar-refractivity contribution is 6.48. The Balaban J connectivity index is 0.994. The molecule has 0 atom stereocenters. The van der Waals surface area contributed by atoms with Gasteiger partial charge in [-0.1, -0.05) is 231 Å². The molecule has 106 heavy (non-hydrogen) atoms. The number of carbonyl (C=O) groups is 4. The summed E-state index contributed by atoms with van der Waals surface area (Å²) in [6.45, 7) is 7.88. The van der Waals surface area contributed by atoms with Gasteiger partial charge in [-0.3, -0.25) is 19.2 Å². The zero-order valence-electron chi connectivity index (χ0n) is 59.4. The molecule has 0 saturated heterocycles. The van der Waals surface area contributed by atoms with E-state index in [0.717, 1.165) is 66.8 Å². The first-order valence-corrected chi connectivity index (χ1v) is 36.4. The van der Waals surface area contributed by atoms with Gasteiger partial charge in [0.1, 0.15) is 46.0 Å². The normalized spacial score (nSPS) is 12.7. The average molecular weight is 1380 g/mol. The zero-order chi connectivity index (χ0) is 72.1. The van der Waals surface area contributed by atoms with Crippen molar-refractivity contribution in [2.75, 3.05) is 9.80 Å². The SMILES string of the molecule is Cc1ccccc1Oc1cc2c3c(cc(Oc4ccccc4C)c4c5c(Oc6ccccc6C)cc6c7c(cc(Oc8ccccc8C)c(c1c34)c75)C(=O)N(c1c(CCc3ccccc3)cccc1CCc1ccccc1)C6=O)C(=O)N(c1c(CCc3ccccc3)cccc1CCc1ccccc1)C2=O. The minimum atomic E-state index is -0.544. The first kappa shape index (κ1) is 66.3. The number of fused-ring (bicyclic) bond motifs is 2. The summed E-state index contributed by atoms with van der Waals surface area (Å²) < 4.78 is 30.0. The van der Waals surface area contributed by atoms with Gasteiger partial charge >= 0.3 is 0 Å². The topological polar surface area (TPSA) is 112 Å². The third-order valence-electron chi connectivity index (χ3n) is 21.1. The van der Waals surface area contributed by atoms with Gasteiger partial charge in [0.15, 0.2) is 0 Å². The number of hydrogen-bond acceptors (Lipinski definition) is 8. The van der Waals surface area contributed by atoms with Crippen LogP contribution < -0.4 is 28.7 Å². The number of para-hydroxylation sites is 6. The van der Waals surface area contributed by atoms with Crippen molar-refractivity contribution in [3.8, 4) is 46.0 Å². The van der Waals surface area contributed by atoms with Crippen LogP contribution in [0.3, 0.4) is 0 Å². The van der Waals surface area contributed by atoms with Crippen LogP contribution in [0.4, 0.5) is 11.4 Å². The Kier molecular flexibility index (Phi) is 17.5. The van der Waals surface area contributed by atoms with E-state index in [1.807, 2.05) is 234 Å².